The zero-order valence-electron chi connectivity index (χ0n) is 9.32. The molecule has 2 nitrogen and oxygen atoms in total. The maximum absolute atomic E-state index is 12.1. The molecule has 2 aliphatic rings. The van der Waals surface area contributed by atoms with E-state index in [0.29, 0.717) is 28.7 Å². The van der Waals surface area contributed by atoms with E-state index >= 15 is 0 Å². The van der Waals surface area contributed by atoms with Gasteiger partial charge >= 0.3 is 0 Å². The van der Waals surface area contributed by atoms with Crippen molar-refractivity contribution in [3.63, 3.8) is 0 Å². The summed E-state index contributed by atoms with van der Waals surface area (Å²) < 4.78 is 5.95. The van der Waals surface area contributed by atoms with Crippen molar-refractivity contribution in [2.75, 3.05) is 11.5 Å². The van der Waals surface area contributed by atoms with E-state index in [2.05, 4.69) is 0 Å². The third-order valence-electron chi connectivity index (χ3n) is 3.40. The molecule has 0 aliphatic carbocycles. The number of rotatable bonds is 1. The van der Waals surface area contributed by atoms with Crippen molar-refractivity contribution in [1.29, 1.82) is 0 Å². The van der Waals surface area contributed by atoms with Gasteiger partial charge in [0.1, 0.15) is 11.9 Å². The topological polar surface area (TPSA) is 26.3 Å². The predicted octanol–water partition coefficient (Wildman–Crippen LogP) is 3.43. The van der Waals surface area contributed by atoms with Gasteiger partial charge in [-0.15, -0.1) is 0 Å². The number of benzene rings is 1. The molecule has 0 N–H and O–H groups in total. The lowest BCUT2D eigenvalue weighted by Crippen LogP contribution is -2.33. The summed E-state index contributed by atoms with van der Waals surface area (Å²) in [5, 5.41) is 0.593. The lowest BCUT2D eigenvalue weighted by atomic mass is 9.92. The Hall–Kier alpha value is -0.670. The van der Waals surface area contributed by atoms with Crippen LogP contribution in [-0.4, -0.2) is 23.4 Å². The number of ether oxygens (including phenoxy) is 1. The molecule has 1 saturated heterocycles. The van der Waals surface area contributed by atoms with Gasteiger partial charge in [0.05, 0.1) is 5.56 Å². The zero-order valence-corrected chi connectivity index (χ0v) is 10.9. The first-order valence-electron chi connectivity index (χ1n) is 5.81. The highest BCUT2D eigenvalue weighted by Gasteiger charge is 2.34. The van der Waals surface area contributed by atoms with Crippen LogP contribution in [0.5, 0.6) is 5.75 Å². The SMILES string of the molecule is O=C1CC(C2CCSC2)Oc2ccc(Cl)cc21. The van der Waals surface area contributed by atoms with Crippen molar-refractivity contribution >= 4 is 29.1 Å². The second-order valence-electron chi connectivity index (χ2n) is 4.55. The molecule has 2 unspecified atom stereocenters. The van der Waals surface area contributed by atoms with Crippen molar-refractivity contribution in [3.05, 3.63) is 28.8 Å². The predicted molar refractivity (Wildman–Crippen MR) is 70.2 cm³/mol. The molecule has 0 amide bonds. The Kier molecular flexibility index (Phi) is 3.05. The van der Waals surface area contributed by atoms with Crippen molar-refractivity contribution < 1.29 is 9.53 Å². The van der Waals surface area contributed by atoms with E-state index in [1.54, 1.807) is 12.1 Å². The van der Waals surface area contributed by atoms with Gasteiger partial charge in [-0.05, 0) is 36.1 Å². The van der Waals surface area contributed by atoms with E-state index in [0.717, 1.165) is 12.2 Å². The van der Waals surface area contributed by atoms with Crippen LogP contribution < -0.4 is 4.74 Å². The summed E-state index contributed by atoms with van der Waals surface area (Å²) in [4.78, 5) is 12.1. The summed E-state index contributed by atoms with van der Waals surface area (Å²) in [7, 11) is 0. The van der Waals surface area contributed by atoms with Crippen molar-refractivity contribution in [2.24, 2.45) is 5.92 Å². The Morgan fingerprint density at radius 2 is 2.29 bits per heavy atom. The molecule has 17 heavy (non-hydrogen) atoms. The monoisotopic (exact) mass is 268 g/mol. The van der Waals surface area contributed by atoms with E-state index in [-0.39, 0.29) is 11.9 Å². The summed E-state index contributed by atoms with van der Waals surface area (Å²) in [6, 6.07) is 5.29. The van der Waals surface area contributed by atoms with E-state index in [4.69, 9.17) is 16.3 Å². The first-order chi connectivity index (χ1) is 8.24. The molecule has 0 saturated carbocycles. The molecular weight excluding hydrogens is 256 g/mol. The van der Waals surface area contributed by atoms with E-state index in [1.165, 1.54) is 5.75 Å². The van der Waals surface area contributed by atoms with Crippen LogP contribution in [0.2, 0.25) is 5.02 Å². The fraction of sp³-hybridized carbons (Fsp3) is 0.462. The highest BCUT2D eigenvalue weighted by Crippen LogP contribution is 2.36. The van der Waals surface area contributed by atoms with Gasteiger partial charge in [0, 0.05) is 17.4 Å². The molecule has 3 rings (SSSR count). The summed E-state index contributed by atoms with van der Waals surface area (Å²) in [5.74, 6) is 3.68. The lowest BCUT2D eigenvalue weighted by molar-refractivity contribution is 0.0761. The zero-order chi connectivity index (χ0) is 11.8. The molecule has 2 aliphatic heterocycles. The Bertz CT molecular complexity index is 455. The molecule has 2 atom stereocenters. The number of ketones is 1. The molecule has 2 heterocycles. The lowest BCUT2D eigenvalue weighted by Gasteiger charge is -2.29. The largest absolute Gasteiger partial charge is 0.489 e. The molecule has 90 valence electrons. The molecule has 4 heteroatoms. The maximum atomic E-state index is 12.1. The number of carbonyl (C=O) groups excluding carboxylic acids is 1. The average molecular weight is 269 g/mol. The molecule has 1 fully saturated rings. The fourth-order valence-electron chi connectivity index (χ4n) is 2.43. The number of fused-ring (bicyclic) bond motifs is 1. The van der Waals surface area contributed by atoms with Crippen LogP contribution in [0, 0.1) is 5.92 Å². The number of carbonyl (C=O) groups is 1. The Morgan fingerprint density at radius 3 is 3.06 bits per heavy atom. The van der Waals surface area contributed by atoms with Gasteiger partial charge in [0.2, 0.25) is 0 Å². The molecule has 1 aromatic rings. The highest BCUT2D eigenvalue weighted by molar-refractivity contribution is 7.99. The number of Topliss-reactive ketones (excluding diaryl/α,β-unsaturated/α-hetero) is 1. The second-order valence-corrected chi connectivity index (χ2v) is 6.13. The van der Waals surface area contributed by atoms with Crippen LogP contribution in [0.4, 0.5) is 0 Å². The van der Waals surface area contributed by atoms with Crippen LogP contribution in [0.3, 0.4) is 0 Å². The molecular formula is C13H13ClO2S. The van der Waals surface area contributed by atoms with Crippen molar-refractivity contribution in [1.82, 2.24) is 0 Å². The Morgan fingerprint density at radius 1 is 1.41 bits per heavy atom. The standard InChI is InChI=1S/C13H13ClO2S/c14-9-1-2-12-10(5-9)11(15)6-13(16-12)8-3-4-17-7-8/h1-2,5,8,13H,3-4,6-7H2. The molecule has 1 aromatic carbocycles. The summed E-state index contributed by atoms with van der Waals surface area (Å²) in [6.45, 7) is 0. The van der Waals surface area contributed by atoms with Crippen LogP contribution in [0.15, 0.2) is 18.2 Å². The van der Waals surface area contributed by atoms with Gasteiger partial charge in [0.15, 0.2) is 5.78 Å². The third-order valence-corrected chi connectivity index (χ3v) is 4.82. The second kappa shape index (κ2) is 4.54. The van der Waals surface area contributed by atoms with Gasteiger partial charge in [-0.3, -0.25) is 4.79 Å². The van der Waals surface area contributed by atoms with E-state index in [9.17, 15) is 4.79 Å². The van der Waals surface area contributed by atoms with Gasteiger partial charge in [0.25, 0.3) is 0 Å². The number of halogens is 1. The molecule has 0 aromatic heterocycles. The number of hydrogen-bond acceptors (Lipinski definition) is 3. The minimum atomic E-state index is 0.0613. The van der Waals surface area contributed by atoms with E-state index < -0.39 is 0 Å². The van der Waals surface area contributed by atoms with Gasteiger partial charge in [-0.2, -0.15) is 11.8 Å². The molecule has 0 bridgehead atoms. The summed E-state index contributed by atoms with van der Waals surface area (Å²) >= 11 is 7.84. The summed E-state index contributed by atoms with van der Waals surface area (Å²) in [5.41, 5.74) is 0.638. The summed E-state index contributed by atoms with van der Waals surface area (Å²) in [6.07, 6.45) is 1.72. The van der Waals surface area contributed by atoms with Crippen molar-refractivity contribution in [3.8, 4) is 5.75 Å². The average Bonchev–Trinajstić information content (AvgIpc) is 2.83. The molecule has 0 spiro atoms. The Labute approximate surface area is 110 Å². The maximum Gasteiger partial charge on any atom is 0.170 e. The number of thioether (sulfide) groups is 1. The normalized spacial score (nSPS) is 27.7. The van der Waals surface area contributed by atoms with Crippen molar-refractivity contribution in [2.45, 2.75) is 18.9 Å². The van der Waals surface area contributed by atoms with Crippen LogP contribution in [-0.2, 0) is 0 Å². The first kappa shape index (κ1) is 11.4. The van der Waals surface area contributed by atoms with Crippen LogP contribution >= 0.6 is 23.4 Å². The van der Waals surface area contributed by atoms with Crippen LogP contribution in [0.25, 0.3) is 0 Å². The minimum absolute atomic E-state index is 0.0613. The van der Waals surface area contributed by atoms with Gasteiger partial charge < -0.3 is 4.74 Å². The minimum Gasteiger partial charge on any atom is -0.489 e. The highest BCUT2D eigenvalue weighted by atomic mass is 35.5. The molecule has 0 radical (unpaired) electrons. The third kappa shape index (κ3) is 2.18. The fourth-order valence-corrected chi connectivity index (χ4v) is 3.92. The van der Waals surface area contributed by atoms with Crippen LogP contribution in [0.1, 0.15) is 23.2 Å². The smallest absolute Gasteiger partial charge is 0.170 e. The Balaban J connectivity index is 1.87. The number of hydrogen-bond donors (Lipinski definition) is 0. The quantitative estimate of drug-likeness (QED) is 0.781. The first-order valence-corrected chi connectivity index (χ1v) is 7.34. The van der Waals surface area contributed by atoms with Gasteiger partial charge in [-0.25, -0.2) is 0 Å². The van der Waals surface area contributed by atoms with Gasteiger partial charge in [-0.1, -0.05) is 11.6 Å². The van der Waals surface area contributed by atoms with E-state index in [1.807, 2.05) is 17.8 Å².